The first-order valence-electron chi connectivity index (χ1n) is 11.1. The molecule has 9 heteroatoms. The summed E-state index contributed by atoms with van der Waals surface area (Å²) in [4.78, 5) is 27.5. The summed E-state index contributed by atoms with van der Waals surface area (Å²) in [5.41, 5.74) is 2.04. The minimum absolute atomic E-state index is 0.145. The first kappa shape index (κ1) is 23.4. The number of amides is 2. The van der Waals surface area contributed by atoms with Crippen molar-refractivity contribution in [2.45, 2.75) is 37.5 Å². The highest BCUT2D eigenvalue weighted by molar-refractivity contribution is 7.89. The third-order valence-electron chi connectivity index (χ3n) is 6.27. The molecule has 8 nitrogen and oxygen atoms in total. The molecule has 0 bridgehead atoms. The molecule has 0 atom stereocenters. The van der Waals surface area contributed by atoms with Crippen molar-refractivity contribution in [2.75, 3.05) is 43.1 Å². The molecule has 0 spiro atoms. The van der Waals surface area contributed by atoms with Gasteiger partial charge in [0.1, 0.15) is 6.54 Å². The van der Waals surface area contributed by atoms with Crippen molar-refractivity contribution in [2.24, 2.45) is 0 Å². The van der Waals surface area contributed by atoms with Gasteiger partial charge in [0, 0.05) is 24.5 Å². The van der Waals surface area contributed by atoms with Crippen molar-refractivity contribution in [3.05, 3.63) is 53.6 Å². The summed E-state index contributed by atoms with van der Waals surface area (Å²) < 4.78 is 32.9. The number of nitrogens with zero attached hydrogens (tertiary/aromatic N) is 2. The lowest BCUT2D eigenvalue weighted by molar-refractivity contribution is -0.124. The molecule has 2 aromatic rings. The van der Waals surface area contributed by atoms with Gasteiger partial charge in [-0.2, -0.15) is 4.31 Å². The number of aryl methyl sites for hydroxylation is 1. The van der Waals surface area contributed by atoms with Gasteiger partial charge in [-0.15, -0.1) is 0 Å². The second-order valence-electron chi connectivity index (χ2n) is 8.81. The Kier molecular flexibility index (Phi) is 6.30. The SMILES string of the molecule is CCc1ccc(NC(=O)CN2C(=O)C(C)(C)c3cc(S(=O)(=O)N4CCOCC4)ccc32)cc1. The van der Waals surface area contributed by atoms with Crippen LogP contribution in [0.5, 0.6) is 0 Å². The molecule has 2 aromatic carbocycles. The van der Waals surface area contributed by atoms with E-state index in [0.717, 1.165) is 6.42 Å². The van der Waals surface area contributed by atoms with Crippen LogP contribution in [0.25, 0.3) is 0 Å². The number of sulfonamides is 1. The maximum atomic E-state index is 13.2. The largest absolute Gasteiger partial charge is 0.379 e. The number of fused-ring (bicyclic) bond motifs is 1. The number of nitrogens with one attached hydrogen (secondary N) is 1. The zero-order valence-electron chi connectivity index (χ0n) is 19.1. The Morgan fingerprint density at radius 2 is 1.76 bits per heavy atom. The summed E-state index contributed by atoms with van der Waals surface area (Å²) in [6.07, 6.45) is 0.908. The molecule has 1 fully saturated rings. The van der Waals surface area contributed by atoms with Crippen LogP contribution in [0.15, 0.2) is 47.4 Å². The molecule has 1 N–H and O–H groups in total. The van der Waals surface area contributed by atoms with E-state index in [-0.39, 0.29) is 23.3 Å². The number of morpholine rings is 1. The molecule has 1 saturated heterocycles. The average Bonchev–Trinajstić information content (AvgIpc) is 3.00. The van der Waals surface area contributed by atoms with E-state index in [1.807, 2.05) is 24.3 Å². The Balaban J connectivity index is 1.57. The molecule has 0 aromatic heterocycles. The second kappa shape index (κ2) is 8.89. The Hall–Kier alpha value is -2.75. The number of carbonyl (C=O) groups excluding carboxylic acids is 2. The van der Waals surface area contributed by atoms with E-state index >= 15 is 0 Å². The second-order valence-corrected chi connectivity index (χ2v) is 10.7. The number of benzene rings is 2. The van der Waals surface area contributed by atoms with Crippen LogP contribution < -0.4 is 10.2 Å². The molecule has 2 aliphatic heterocycles. The smallest absolute Gasteiger partial charge is 0.244 e. The van der Waals surface area contributed by atoms with Crippen LogP contribution in [0.1, 0.15) is 31.9 Å². The number of ether oxygens (including phenoxy) is 1. The number of hydrogen-bond acceptors (Lipinski definition) is 5. The summed E-state index contributed by atoms with van der Waals surface area (Å²) in [6.45, 7) is 6.72. The van der Waals surface area contributed by atoms with Crippen LogP contribution >= 0.6 is 0 Å². The van der Waals surface area contributed by atoms with E-state index in [4.69, 9.17) is 4.74 Å². The van der Waals surface area contributed by atoms with Crippen molar-refractivity contribution in [1.82, 2.24) is 4.31 Å². The van der Waals surface area contributed by atoms with Crippen molar-refractivity contribution in [1.29, 1.82) is 0 Å². The predicted octanol–water partition coefficient (Wildman–Crippen LogP) is 2.53. The summed E-state index contributed by atoms with van der Waals surface area (Å²) in [7, 11) is -3.69. The van der Waals surface area contributed by atoms with Crippen LogP contribution in [-0.2, 0) is 36.2 Å². The standard InChI is InChI=1S/C24H29N3O5S/c1-4-17-5-7-18(8-6-17)25-22(28)16-27-21-10-9-19(15-20(21)24(2,3)23(27)29)33(30,31)26-11-13-32-14-12-26/h5-10,15H,4,11-14,16H2,1-3H3,(H,25,28). The minimum Gasteiger partial charge on any atom is -0.379 e. The molecule has 0 unspecified atom stereocenters. The molecule has 2 amide bonds. The van der Waals surface area contributed by atoms with Gasteiger partial charge in [-0.25, -0.2) is 8.42 Å². The molecule has 2 aliphatic rings. The fraction of sp³-hybridized carbons (Fsp3) is 0.417. The van der Waals surface area contributed by atoms with Gasteiger partial charge in [0.05, 0.1) is 23.5 Å². The highest BCUT2D eigenvalue weighted by atomic mass is 32.2. The number of rotatable bonds is 6. The van der Waals surface area contributed by atoms with Gasteiger partial charge in [0.2, 0.25) is 21.8 Å². The molecule has 0 saturated carbocycles. The van der Waals surface area contributed by atoms with Crippen molar-refractivity contribution < 1.29 is 22.7 Å². The number of anilines is 2. The lowest BCUT2D eigenvalue weighted by Crippen LogP contribution is -2.41. The third kappa shape index (κ3) is 4.40. The van der Waals surface area contributed by atoms with Gasteiger partial charge in [0.15, 0.2) is 0 Å². The Labute approximate surface area is 194 Å². The molecular weight excluding hydrogens is 442 g/mol. The molecular formula is C24H29N3O5S. The van der Waals surface area contributed by atoms with E-state index in [1.165, 1.54) is 20.8 Å². The van der Waals surface area contributed by atoms with Crippen molar-refractivity contribution in [3.63, 3.8) is 0 Å². The van der Waals surface area contributed by atoms with E-state index < -0.39 is 15.4 Å². The Morgan fingerprint density at radius 3 is 2.39 bits per heavy atom. The summed E-state index contributed by atoms with van der Waals surface area (Å²) in [5, 5.41) is 2.83. The van der Waals surface area contributed by atoms with Crippen LogP contribution in [0.3, 0.4) is 0 Å². The average molecular weight is 472 g/mol. The first-order valence-corrected chi connectivity index (χ1v) is 12.5. The van der Waals surface area contributed by atoms with Gasteiger partial charge in [0.25, 0.3) is 0 Å². The fourth-order valence-electron chi connectivity index (χ4n) is 4.23. The molecule has 0 radical (unpaired) electrons. The first-order chi connectivity index (χ1) is 15.6. The predicted molar refractivity (Wildman–Crippen MR) is 126 cm³/mol. The summed E-state index contributed by atoms with van der Waals surface area (Å²) >= 11 is 0. The van der Waals surface area contributed by atoms with Gasteiger partial charge in [-0.05, 0) is 61.7 Å². The van der Waals surface area contributed by atoms with Crippen LogP contribution in [0.4, 0.5) is 11.4 Å². The van der Waals surface area contributed by atoms with Gasteiger partial charge in [-0.1, -0.05) is 19.1 Å². The molecule has 0 aliphatic carbocycles. The maximum absolute atomic E-state index is 13.2. The third-order valence-corrected chi connectivity index (χ3v) is 8.16. The Bertz CT molecular complexity index is 1170. The maximum Gasteiger partial charge on any atom is 0.244 e. The van der Waals surface area contributed by atoms with Gasteiger partial charge in [-0.3, -0.25) is 9.59 Å². The van der Waals surface area contributed by atoms with Gasteiger partial charge < -0.3 is 15.0 Å². The lowest BCUT2D eigenvalue weighted by atomic mass is 9.86. The highest BCUT2D eigenvalue weighted by Gasteiger charge is 2.45. The van der Waals surface area contributed by atoms with E-state index in [0.29, 0.717) is 43.2 Å². The van der Waals surface area contributed by atoms with Crippen LogP contribution in [0.2, 0.25) is 0 Å². The monoisotopic (exact) mass is 471 g/mol. The zero-order valence-corrected chi connectivity index (χ0v) is 19.9. The quantitative estimate of drug-likeness (QED) is 0.699. The fourth-order valence-corrected chi connectivity index (χ4v) is 5.67. The van der Waals surface area contributed by atoms with Gasteiger partial charge >= 0.3 is 0 Å². The normalized spacial score (nSPS) is 18.3. The number of hydrogen-bond donors (Lipinski definition) is 1. The Morgan fingerprint density at radius 1 is 1.09 bits per heavy atom. The topological polar surface area (TPSA) is 96.0 Å². The molecule has 2 heterocycles. The van der Waals surface area contributed by atoms with E-state index in [9.17, 15) is 18.0 Å². The molecule has 4 rings (SSSR count). The summed E-state index contributed by atoms with van der Waals surface area (Å²) in [5.74, 6) is -0.559. The van der Waals surface area contributed by atoms with E-state index in [1.54, 1.807) is 26.0 Å². The van der Waals surface area contributed by atoms with Crippen molar-refractivity contribution >= 4 is 33.2 Å². The molecule has 176 valence electrons. The van der Waals surface area contributed by atoms with Crippen molar-refractivity contribution in [3.8, 4) is 0 Å². The lowest BCUT2D eigenvalue weighted by Gasteiger charge is -2.26. The zero-order chi connectivity index (χ0) is 23.8. The summed E-state index contributed by atoms with van der Waals surface area (Å²) in [6, 6.07) is 12.3. The van der Waals surface area contributed by atoms with Crippen LogP contribution in [0, 0.1) is 0 Å². The van der Waals surface area contributed by atoms with E-state index in [2.05, 4.69) is 12.2 Å². The minimum atomic E-state index is -3.69. The molecule has 33 heavy (non-hydrogen) atoms. The number of carbonyl (C=O) groups is 2. The highest BCUT2D eigenvalue weighted by Crippen LogP contribution is 2.42. The van der Waals surface area contributed by atoms with Crippen LogP contribution in [-0.4, -0.2) is 57.4 Å².